The van der Waals surface area contributed by atoms with Crippen molar-refractivity contribution >= 4 is 11.0 Å². The zero-order valence-corrected chi connectivity index (χ0v) is 6.96. The monoisotopic (exact) mass is 193 g/mol. The van der Waals surface area contributed by atoms with E-state index >= 15 is 0 Å². The van der Waals surface area contributed by atoms with Gasteiger partial charge in [0.05, 0.1) is 11.0 Å². The largest absolute Gasteiger partial charge is 0.329 e. The summed E-state index contributed by atoms with van der Waals surface area (Å²) in [6, 6.07) is 5.88. The lowest BCUT2D eigenvalue weighted by atomic mass is 10.2. The molecule has 3 nitrogen and oxygen atoms in total. The van der Waals surface area contributed by atoms with Gasteiger partial charge in [-0.2, -0.15) is 5.26 Å². The van der Waals surface area contributed by atoms with Crippen LogP contribution < -0.4 is 0 Å². The van der Waals surface area contributed by atoms with Crippen LogP contribution >= 0.6 is 0 Å². The quantitative estimate of drug-likeness (QED) is 0.755. The van der Waals surface area contributed by atoms with Crippen LogP contribution in [-0.2, 0) is 0 Å². The van der Waals surface area contributed by atoms with Gasteiger partial charge in [0.2, 0.25) is 5.82 Å². The average molecular weight is 193 g/mol. The molecule has 1 aromatic heterocycles. The zero-order valence-electron chi connectivity index (χ0n) is 6.96. The molecule has 2 aromatic rings. The third-order valence-corrected chi connectivity index (χ3v) is 1.86. The van der Waals surface area contributed by atoms with Gasteiger partial charge in [-0.05, 0) is 12.1 Å². The minimum absolute atomic E-state index is 0.0781. The number of nitriles is 1. The molecule has 0 aliphatic rings. The molecule has 5 heteroatoms. The van der Waals surface area contributed by atoms with Gasteiger partial charge in [-0.1, -0.05) is 6.07 Å². The molecule has 0 fully saturated rings. The summed E-state index contributed by atoms with van der Waals surface area (Å²) in [5, 5.41) is 8.53. The van der Waals surface area contributed by atoms with Crippen LogP contribution in [0.3, 0.4) is 0 Å². The highest BCUT2D eigenvalue weighted by molar-refractivity contribution is 5.76. The molecule has 0 aliphatic carbocycles. The van der Waals surface area contributed by atoms with Crippen molar-refractivity contribution < 1.29 is 8.78 Å². The Balaban J connectivity index is 2.61. The second kappa shape index (κ2) is 3.07. The van der Waals surface area contributed by atoms with Crippen LogP contribution in [0.4, 0.5) is 8.78 Å². The average Bonchev–Trinajstić information content (AvgIpc) is 2.58. The third kappa shape index (κ3) is 1.31. The van der Waals surface area contributed by atoms with Gasteiger partial charge in [0.25, 0.3) is 6.43 Å². The molecular weight excluding hydrogens is 188 g/mol. The lowest BCUT2D eigenvalue weighted by Gasteiger charge is -1.97. The van der Waals surface area contributed by atoms with Crippen molar-refractivity contribution in [2.45, 2.75) is 6.43 Å². The van der Waals surface area contributed by atoms with Crippen LogP contribution in [0.25, 0.3) is 11.0 Å². The highest BCUT2D eigenvalue weighted by Crippen LogP contribution is 2.22. The first-order chi connectivity index (χ1) is 6.70. The fraction of sp³-hybridized carbons (Fsp3) is 0.111. The summed E-state index contributed by atoms with van der Waals surface area (Å²) in [5.74, 6) is 0.131. The van der Waals surface area contributed by atoms with E-state index in [4.69, 9.17) is 5.26 Å². The van der Waals surface area contributed by atoms with Crippen molar-refractivity contribution in [1.82, 2.24) is 9.97 Å². The van der Waals surface area contributed by atoms with Gasteiger partial charge in [-0.15, -0.1) is 0 Å². The molecule has 0 bridgehead atoms. The fourth-order valence-corrected chi connectivity index (χ4v) is 1.22. The Labute approximate surface area is 78.0 Å². The van der Waals surface area contributed by atoms with Crippen LogP contribution in [-0.4, -0.2) is 9.97 Å². The zero-order chi connectivity index (χ0) is 10.1. The second-order valence-corrected chi connectivity index (χ2v) is 2.77. The number of aromatic nitrogens is 2. The smallest absolute Gasteiger partial charge is 0.263 e. The molecule has 0 atom stereocenters. The summed E-state index contributed by atoms with van der Waals surface area (Å²) in [7, 11) is 0. The van der Waals surface area contributed by atoms with E-state index in [9.17, 15) is 8.78 Å². The molecule has 0 amide bonds. The molecular formula is C9H5F2N3. The van der Waals surface area contributed by atoms with E-state index < -0.39 is 6.43 Å². The molecule has 1 N–H and O–H groups in total. The molecule has 1 heterocycles. The van der Waals surface area contributed by atoms with Crippen molar-refractivity contribution in [3.05, 3.63) is 29.6 Å². The van der Waals surface area contributed by atoms with Crippen LogP contribution in [0.1, 0.15) is 17.8 Å². The van der Waals surface area contributed by atoms with Gasteiger partial charge in [0.15, 0.2) is 0 Å². The molecule has 0 unspecified atom stereocenters. The van der Waals surface area contributed by atoms with Crippen LogP contribution in [0.5, 0.6) is 0 Å². The summed E-state index contributed by atoms with van der Waals surface area (Å²) < 4.78 is 24.6. The van der Waals surface area contributed by atoms with Crippen molar-refractivity contribution in [2.75, 3.05) is 0 Å². The third-order valence-electron chi connectivity index (χ3n) is 1.86. The number of halogens is 2. The summed E-state index contributed by atoms with van der Waals surface area (Å²) in [5.41, 5.74) is 0.899. The lowest BCUT2D eigenvalue weighted by Crippen LogP contribution is -1.82. The molecule has 2 rings (SSSR count). The Hall–Kier alpha value is -1.96. The summed E-state index contributed by atoms with van der Waals surface area (Å²) in [6.45, 7) is 0. The number of hydrogen-bond donors (Lipinski definition) is 1. The van der Waals surface area contributed by atoms with Gasteiger partial charge in [0, 0.05) is 5.56 Å². The number of rotatable bonds is 1. The predicted octanol–water partition coefficient (Wildman–Crippen LogP) is 2.37. The molecule has 0 radical (unpaired) electrons. The van der Waals surface area contributed by atoms with E-state index in [0.717, 1.165) is 0 Å². The first-order valence-electron chi connectivity index (χ1n) is 3.88. The summed E-state index contributed by atoms with van der Waals surface area (Å²) in [6.07, 6.45) is -2.51. The van der Waals surface area contributed by atoms with E-state index in [1.807, 2.05) is 6.07 Å². The number of nitrogens with one attached hydrogen (secondary N) is 1. The molecule has 0 aliphatic heterocycles. The SMILES string of the molecule is N#Cc1nc2ccc(C(F)F)cc2[nH]1. The minimum Gasteiger partial charge on any atom is -0.329 e. The number of aromatic amines is 1. The van der Waals surface area contributed by atoms with Crippen molar-refractivity contribution in [2.24, 2.45) is 0 Å². The van der Waals surface area contributed by atoms with Crippen molar-refractivity contribution in [3.8, 4) is 6.07 Å². The number of H-pyrrole nitrogens is 1. The molecule has 70 valence electrons. The maximum atomic E-state index is 12.3. The van der Waals surface area contributed by atoms with Gasteiger partial charge in [0.1, 0.15) is 6.07 Å². The maximum absolute atomic E-state index is 12.3. The Morgan fingerprint density at radius 1 is 1.43 bits per heavy atom. The van der Waals surface area contributed by atoms with E-state index in [1.165, 1.54) is 18.2 Å². The van der Waals surface area contributed by atoms with Crippen molar-refractivity contribution in [1.29, 1.82) is 5.26 Å². The second-order valence-electron chi connectivity index (χ2n) is 2.77. The summed E-state index contributed by atoms with van der Waals surface area (Å²) >= 11 is 0. The number of fused-ring (bicyclic) bond motifs is 1. The van der Waals surface area contributed by atoms with Crippen molar-refractivity contribution in [3.63, 3.8) is 0 Å². The topological polar surface area (TPSA) is 52.5 Å². The molecule has 14 heavy (non-hydrogen) atoms. The highest BCUT2D eigenvalue weighted by Gasteiger charge is 2.09. The Kier molecular flexibility index (Phi) is 1.89. The Bertz CT molecular complexity index is 510. The van der Waals surface area contributed by atoms with E-state index in [0.29, 0.717) is 11.0 Å². The number of nitrogens with zero attached hydrogens (tertiary/aromatic N) is 2. The number of alkyl halides is 2. The first-order valence-corrected chi connectivity index (χ1v) is 3.88. The van der Waals surface area contributed by atoms with Gasteiger partial charge < -0.3 is 4.98 Å². The molecule has 0 saturated heterocycles. The van der Waals surface area contributed by atoms with Gasteiger partial charge in [-0.25, -0.2) is 13.8 Å². The number of benzene rings is 1. The first kappa shape index (κ1) is 8.63. The Morgan fingerprint density at radius 2 is 2.21 bits per heavy atom. The number of imidazole rings is 1. The predicted molar refractivity (Wildman–Crippen MR) is 45.8 cm³/mol. The maximum Gasteiger partial charge on any atom is 0.263 e. The van der Waals surface area contributed by atoms with Crippen LogP contribution in [0, 0.1) is 11.3 Å². The lowest BCUT2D eigenvalue weighted by molar-refractivity contribution is 0.151. The van der Waals surface area contributed by atoms with E-state index in [-0.39, 0.29) is 11.4 Å². The minimum atomic E-state index is -2.51. The summed E-state index contributed by atoms with van der Waals surface area (Å²) in [4.78, 5) is 6.51. The van der Waals surface area contributed by atoms with E-state index in [2.05, 4.69) is 9.97 Å². The van der Waals surface area contributed by atoms with Crippen LogP contribution in [0.2, 0.25) is 0 Å². The van der Waals surface area contributed by atoms with Gasteiger partial charge >= 0.3 is 0 Å². The highest BCUT2D eigenvalue weighted by atomic mass is 19.3. The fourth-order valence-electron chi connectivity index (χ4n) is 1.22. The molecule has 0 saturated carbocycles. The van der Waals surface area contributed by atoms with Gasteiger partial charge in [-0.3, -0.25) is 0 Å². The standard InChI is InChI=1S/C9H5F2N3/c10-9(11)5-1-2-6-7(3-5)14-8(4-12)13-6/h1-3,9H,(H,13,14). The van der Waals surface area contributed by atoms with E-state index in [1.54, 1.807) is 0 Å². The normalized spacial score (nSPS) is 10.7. The molecule has 1 aromatic carbocycles. The van der Waals surface area contributed by atoms with Crippen LogP contribution in [0.15, 0.2) is 18.2 Å². The number of hydrogen-bond acceptors (Lipinski definition) is 2. The Morgan fingerprint density at radius 3 is 2.86 bits per heavy atom. The molecule has 0 spiro atoms.